The van der Waals surface area contributed by atoms with Crippen LogP contribution in [0, 0.1) is 5.41 Å². The van der Waals surface area contributed by atoms with Crippen molar-refractivity contribution in [3.05, 3.63) is 29.8 Å². The van der Waals surface area contributed by atoms with E-state index in [2.05, 4.69) is 19.2 Å². The molecular weight excluding hydrogens is 258 g/mol. The molecule has 2 unspecified atom stereocenters. The minimum Gasteiger partial charge on any atom is -0.306 e. The van der Waals surface area contributed by atoms with Gasteiger partial charge < -0.3 is 5.32 Å². The van der Waals surface area contributed by atoms with Crippen LogP contribution in [0.3, 0.4) is 0 Å². The summed E-state index contributed by atoms with van der Waals surface area (Å²) in [6, 6.07) is 7.81. The van der Waals surface area contributed by atoms with Crippen LogP contribution in [0.2, 0.25) is 0 Å². The highest BCUT2D eigenvalue weighted by Gasteiger charge is 2.38. The van der Waals surface area contributed by atoms with Gasteiger partial charge in [-0.3, -0.25) is 0 Å². The molecule has 1 heterocycles. The minimum absolute atomic E-state index is 0.0277. The lowest BCUT2D eigenvalue weighted by Crippen LogP contribution is -2.32. The zero-order valence-electron chi connectivity index (χ0n) is 11.5. The molecule has 3 nitrogen and oxygen atoms in total. The summed E-state index contributed by atoms with van der Waals surface area (Å²) in [5.41, 5.74) is 1.33. The Hall–Kier alpha value is -0.870. The van der Waals surface area contributed by atoms with E-state index in [1.807, 2.05) is 12.1 Å². The molecule has 1 aliphatic heterocycles. The van der Waals surface area contributed by atoms with Crippen LogP contribution in [0.5, 0.6) is 0 Å². The molecular formula is C15H21NO2S. The molecule has 1 N–H and O–H groups in total. The van der Waals surface area contributed by atoms with Gasteiger partial charge in [-0.15, -0.1) is 0 Å². The summed E-state index contributed by atoms with van der Waals surface area (Å²) >= 11 is 0. The first-order chi connectivity index (χ1) is 8.87. The molecule has 1 aliphatic carbocycles. The Labute approximate surface area is 115 Å². The van der Waals surface area contributed by atoms with Crippen molar-refractivity contribution >= 4 is 9.84 Å². The Bertz CT molecular complexity index is 592. The molecule has 1 fully saturated rings. The van der Waals surface area contributed by atoms with Crippen molar-refractivity contribution in [3.63, 3.8) is 0 Å². The van der Waals surface area contributed by atoms with Gasteiger partial charge in [0, 0.05) is 12.1 Å². The highest BCUT2D eigenvalue weighted by atomic mass is 32.2. The second-order valence-corrected chi connectivity index (χ2v) is 8.65. The number of sulfone groups is 1. The summed E-state index contributed by atoms with van der Waals surface area (Å²) in [7, 11) is -3.09. The molecule has 1 aromatic carbocycles. The molecule has 2 aliphatic rings. The average molecular weight is 279 g/mol. The second kappa shape index (κ2) is 4.32. The fraction of sp³-hybridized carbons (Fsp3) is 0.600. The van der Waals surface area contributed by atoms with Crippen molar-refractivity contribution in [3.8, 4) is 0 Å². The number of benzene rings is 1. The van der Waals surface area contributed by atoms with Gasteiger partial charge in [-0.1, -0.05) is 32.0 Å². The van der Waals surface area contributed by atoms with E-state index >= 15 is 0 Å². The maximum Gasteiger partial charge on any atom is 0.180 e. The van der Waals surface area contributed by atoms with E-state index in [9.17, 15) is 8.42 Å². The van der Waals surface area contributed by atoms with Gasteiger partial charge in [-0.25, -0.2) is 8.42 Å². The van der Waals surface area contributed by atoms with Crippen molar-refractivity contribution in [2.75, 3.05) is 5.75 Å². The molecule has 0 bridgehead atoms. The zero-order chi connectivity index (χ0) is 13.7. The summed E-state index contributed by atoms with van der Waals surface area (Å²) in [4.78, 5) is 0.518. The first-order valence-corrected chi connectivity index (χ1v) is 8.60. The topological polar surface area (TPSA) is 46.2 Å². The van der Waals surface area contributed by atoms with Crippen molar-refractivity contribution in [2.45, 2.75) is 50.1 Å². The van der Waals surface area contributed by atoms with Gasteiger partial charge in [0.1, 0.15) is 0 Å². The number of hydrogen-bond donors (Lipinski definition) is 1. The third-order valence-electron chi connectivity index (χ3n) is 4.42. The van der Waals surface area contributed by atoms with E-state index in [-0.39, 0.29) is 11.8 Å². The molecule has 104 valence electrons. The molecule has 4 heteroatoms. The van der Waals surface area contributed by atoms with E-state index in [1.54, 1.807) is 12.1 Å². The van der Waals surface area contributed by atoms with E-state index in [0.717, 1.165) is 18.4 Å². The molecule has 0 radical (unpaired) electrons. The van der Waals surface area contributed by atoms with Crippen molar-refractivity contribution in [1.29, 1.82) is 0 Å². The van der Waals surface area contributed by atoms with Gasteiger partial charge >= 0.3 is 0 Å². The fourth-order valence-electron chi connectivity index (χ4n) is 3.45. The van der Waals surface area contributed by atoms with Gasteiger partial charge in [0.15, 0.2) is 9.84 Å². The summed E-state index contributed by atoms with van der Waals surface area (Å²) in [6.45, 7) is 4.57. The lowest BCUT2D eigenvalue weighted by atomic mass is 9.91. The average Bonchev–Trinajstić information content (AvgIpc) is 2.79. The predicted molar refractivity (Wildman–Crippen MR) is 75.8 cm³/mol. The SMILES string of the molecule is CC1(C)CCC(NC2CS(=O)(=O)c3ccccc32)C1. The van der Waals surface area contributed by atoms with Crippen LogP contribution in [-0.2, 0) is 9.84 Å². The number of hydrogen-bond acceptors (Lipinski definition) is 3. The van der Waals surface area contributed by atoms with Crippen LogP contribution in [0.4, 0.5) is 0 Å². The Morgan fingerprint density at radius 1 is 1.26 bits per heavy atom. The first kappa shape index (κ1) is 13.1. The second-order valence-electron chi connectivity index (χ2n) is 6.64. The third-order valence-corrected chi connectivity index (χ3v) is 6.24. The Kier molecular flexibility index (Phi) is 2.98. The highest BCUT2D eigenvalue weighted by molar-refractivity contribution is 7.91. The van der Waals surface area contributed by atoms with Crippen LogP contribution in [0.15, 0.2) is 29.2 Å². The number of rotatable bonds is 2. The fourth-order valence-corrected chi connectivity index (χ4v) is 5.20. The van der Waals surface area contributed by atoms with Crippen LogP contribution >= 0.6 is 0 Å². The normalized spacial score (nSPS) is 31.3. The largest absolute Gasteiger partial charge is 0.306 e. The standard InChI is InChI=1S/C15H21NO2S/c1-15(2)8-7-11(9-15)16-13-10-19(17,18)14-6-4-3-5-12(13)14/h3-6,11,13,16H,7-10H2,1-2H3. The maximum absolute atomic E-state index is 12.1. The summed E-state index contributed by atoms with van der Waals surface area (Å²) in [5.74, 6) is 0.212. The summed E-state index contributed by atoms with van der Waals surface area (Å²) < 4.78 is 24.2. The van der Waals surface area contributed by atoms with Gasteiger partial charge in [0.2, 0.25) is 0 Å². The maximum atomic E-state index is 12.1. The molecule has 1 saturated carbocycles. The summed E-state index contributed by atoms with van der Waals surface area (Å²) in [5, 5.41) is 3.57. The van der Waals surface area contributed by atoms with E-state index in [1.165, 1.54) is 6.42 Å². The molecule has 0 spiro atoms. The van der Waals surface area contributed by atoms with E-state index in [4.69, 9.17) is 0 Å². The van der Waals surface area contributed by atoms with E-state index < -0.39 is 9.84 Å². The molecule has 1 aromatic rings. The van der Waals surface area contributed by atoms with Gasteiger partial charge in [-0.2, -0.15) is 0 Å². The zero-order valence-corrected chi connectivity index (χ0v) is 12.3. The Morgan fingerprint density at radius 2 is 2.00 bits per heavy atom. The Morgan fingerprint density at radius 3 is 2.68 bits per heavy atom. The van der Waals surface area contributed by atoms with Crippen LogP contribution in [-0.4, -0.2) is 20.2 Å². The summed E-state index contributed by atoms with van der Waals surface area (Å²) in [6.07, 6.45) is 3.49. The molecule has 3 rings (SSSR count). The quantitative estimate of drug-likeness (QED) is 0.905. The molecule has 19 heavy (non-hydrogen) atoms. The van der Waals surface area contributed by atoms with Crippen LogP contribution in [0.25, 0.3) is 0 Å². The van der Waals surface area contributed by atoms with Gasteiger partial charge in [0.25, 0.3) is 0 Å². The van der Waals surface area contributed by atoms with E-state index in [0.29, 0.717) is 16.4 Å². The van der Waals surface area contributed by atoms with Gasteiger partial charge in [-0.05, 0) is 36.3 Å². The number of nitrogens with one attached hydrogen (secondary N) is 1. The molecule has 0 amide bonds. The lowest BCUT2D eigenvalue weighted by molar-refractivity contribution is 0.357. The molecule has 0 saturated heterocycles. The third kappa shape index (κ3) is 2.43. The highest BCUT2D eigenvalue weighted by Crippen LogP contribution is 2.40. The lowest BCUT2D eigenvalue weighted by Gasteiger charge is -2.21. The molecule has 0 aromatic heterocycles. The smallest absolute Gasteiger partial charge is 0.180 e. The van der Waals surface area contributed by atoms with Crippen molar-refractivity contribution in [2.24, 2.45) is 5.41 Å². The molecule has 2 atom stereocenters. The van der Waals surface area contributed by atoms with Crippen molar-refractivity contribution in [1.82, 2.24) is 5.32 Å². The van der Waals surface area contributed by atoms with Crippen molar-refractivity contribution < 1.29 is 8.42 Å². The Balaban J connectivity index is 1.81. The monoisotopic (exact) mass is 279 g/mol. The van der Waals surface area contributed by atoms with Crippen LogP contribution in [0.1, 0.15) is 44.7 Å². The predicted octanol–water partition coefficient (Wildman–Crippen LogP) is 2.68. The first-order valence-electron chi connectivity index (χ1n) is 6.95. The van der Waals surface area contributed by atoms with Crippen LogP contribution < -0.4 is 5.32 Å². The minimum atomic E-state index is -3.09. The number of fused-ring (bicyclic) bond motifs is 1. The van der Waals surface area contributed by atoms with Gasteiger partial charge in [0.05, 0.1) is 10.6 Å².